The highest BCUT2D eigenvalue weighted by molar-refractivity contribution is 6.16. The summed E-state index contributed by atoms with van der Waals surface area (Å²) in [6.45, 7) is 7.84. The number of fused-ring (bicyclic) bond motifs is 6. The zero-order chi connectivity index (χ0) is 37.6. The SMILES string of the molecule is C=CC=C(C=C)c1nc(-c2ccccc2)nc(-c2ccc(-c3cccc4c3[nH]c3c(-c5ccc6c(c5)c5ccccc5n6-c5ccccc5)cccc34)cc2)n1. The third-order valence-electron chi connectivity index (χ3n) is 10.6. The molecule has 0 spiro atoms. The third kappa shape index (κ3) is 5.53. The quantitative estimate of drug-likeness (QED) is 0.159. The largest absolute Gasteiger partial charge is 0.353 e. The summed E-state index contributed by atoms with van der Waals surface area (Å²) >= 11 is 0. The van der Waals surface area contributed by atoms with Crippen molar-refractivity contribution in [2.24, 2.45) is 0 Å². The Hall–Kier alpha value is -7.63. The van der Waals surface area contributed by atoms with Gasteiger partial charge in [-0.15, -0.1) is 0 Å². The minimum Gasteiger partial charge on any atom is -0.353 e. The number of aromatic amines is 1. The standard InChI is InChI=1S/C51H35N5/c1-3-15-33(4-2)49-53-50(35-16-7-5-8-17-35)55-51(54-49)36-28-26-34(27-29-36)39-21-13-23-42-43-24-14-22-40(48(43)52-47(39)42)37-30-31-46-44(32-37)41-20-11-12-25-45(41)56(46)38-18-9-6-10-19-38/h3-32,52H,1-2H2. The highest BCUT2D eigenvalue weighted by Gasteiger charge is 2.17. The van der Waals surface area contributed by atoms with E-state index in [-0.39, 0.29) is 0 Å². The highest BCUT2D eigenvalue weighted by Crippen LogP contribution is 2.40. The zero-order valence-corrected chi connectivity index (χ0v) is 30.5. The summed E-state index contributed by atoms with van der Waals surface area (Å²) in [6, 6.07) is 57.7. The van der Waals surface area contributed by atoms with Crippen LogP contribution in [-0.4, -0.2) is 24.5 Å². The normalized spacial score (nSPS) is 11.8. The van der Waals surface area contributed by atoms with Crippen molar-refractivity contribution in [1.82, 2.24) is 24.5 Å². The van der Waals surface area contributed by atoms with Gasteiger partial charge in [0.2, 0.25) is 0 Å². The summed E-state index contributed by atoms with van der Waals surface area (Å²) in [7, 11) is 0. The number of hydrogen-bond acceptors (Lipinski definition) is 3. The van der Waals surface area contributed by atoms with E-state index in [0.29, 0.717) is 17.5 Å². The van der Waals surface area contributed by atoms with Gasteiger partial charge in [0, 0.05) is 55.1 Å². The second-order valence-corrected chi connectivity index (χ2v) is 13.8. The van der Waals surface area contributed by atoms with Crippen molar-refractivity contribution >= 4 is 49.2 Å². The summed E-state index contributed by atoms with van der Waals surface area (Å²) < 4.78 is 2.36. The fourth-order valence-electron chi connectivity index (χ4n) is 7.93. The van der Waals surface area contributed by atoms with Gasteiger partial charge in [-0.3, -0.25) is 0 Å². The van der Waals surface area contributed by atoms with Gasteiger partial charge in [-0.2, -0.15) is 0 Å². The van der Waals surface area contributed by atoms with Crippen LogP contribution in [0.2, 0.25) is 0 Å². The number of rotatable bonds is 8. The number of nitrogens with zero attached hydrogens (tertiary/aromatic N) is 4. The maximum absolute atomic E-state index is 4.91. The maximum atomic E-state index is 4.91. The number of allylic oxidation sites excluding steroid dienone is 4. The molecule has 0 aliphatic heterocycles. The molecule has 3 aromatic heterocycles. The van der Waals surface area contributed by atoms with Crippen LogP contribution in [0.15, 0.2) is 195 Å². The second-order valence-electron chi connectivity index (χ2n) is 13.8. The van der Waals surface area contributed by atoms with Gasteiger partial charge in [-0.1, -0.05) is 165 Å². The van der Waals surface area contributed by atoms with Crippen molar-refractivity contribution < 1.29 is 0 Å². The molecule has 0 amide bonds. The molecular weight excluding hydrogens is 683 g/mol. The van der Waals surface area contributed by atoms with Crippen molar-refractivity contribution in [3.8, 4) is 50.7 Å². The minimum absolute atomic E-state index is 0.549. The van der Waals surface area contributed by atoms with Crippen LogP contribution in [0.1, 0.15) is 5.82 Å². The van der Waals surface area contributed by atoms with Gasteiger partial charge in [0.05, 0.1) is 22.1 Å². The van der Waals surface area contributed by atoms with E-state index in [2.05, 4.69) is 156 Å². The van der Waals surface area contributed by atoms with Crippen LogP contribution < -0.4 is 0 Å². The predicted octanol–water partition coefficient (Wildman–Crippen LogP) is 13.0. The third-order valence-corrected chi connectivity index (χ3v) is 10.6. The number of H-pyrrole nitrogens is 1. The Bertz CT molecular complexity index is 3150. The molecule has 0 saturated carbocycles. The van der Waals surface area contributed by atoms with Gasteiger partial charge < -0.3 is 9.55 Å². The van der Waals surface area contributed by atoms with E-state index in [0.717, 1.165) is 44.5 Å². The van der Waals surface area contributed by atoms with Crippen molar-refractivity contribution in [2.75, 3.05) is 0 Å². The highest BCUT2D eigenvalue weighted by atomic mass is 15.0. The van der Waals surface area contributed by atoms with Gasteiger partial charge >= 0.3 is 0 Å². The number of hydrogen-bond donors (Lipinski definition) is 1. The molecule has 0 bridgehead atoms. The summed E-state index contributed by atoms with van der Waals surface area (Å²) in [6.07, 6.45) is 5.32. The fourth-order valence-corrected chi connectivity index (χ4v) is 7.93. The molecule has 0 unspecified atom stereocenters. The average Bonchev–Trinajstić information content (AvgIpc) is 3.82. The van der Waals surface area contributed by atoms with Gasteiger partial charge in [-0.25, -0.2) is 15.0 Å². The molecule has 0 fully saturated rings. The van der Waals surface area contributed by atoms with Crippen LogP contribution in [0.25, 0.3) is 99.9 Å². The van der Waals surface area contributed by atoms with E-state index in [1.54, 1.807) is 12.2 Å². The molecule has 7 aromatic carbocycles. The maximum Gasteiger partial charge on any atom is 0.164 e. The van der Waals surface area contributed by atoms with Crippen molar-refractivity contribution in [1.29, 1.82) is 0 Å². The van der Waals surface area contributed by atoms with Crippen LogP contribution >= 0.6 is 0 Å². The summed E-state index contributed by atoms with van der Waals surface area (Å²) in [4.78, 5) is 18.5. The van der Waals surface area contributed by atoms with Gasteiger partial charge in [-0.05, 0) is 41.5 Å². The minimum atomic E-state index is 0.549. The Morgan fingerprint density at radius 3 is 1.71 bits per heavy atom. The fraction of sp³-hybridized carbons (Fsp3) is 0. The van der Waals surface area contributed by atoms with Crippen LogP contribution in [0.5, 0.6) is 0 Å². The van der Waals surface area contributed by atoms with E-state index in [1.807, 2.05) is 36.4 Å². The molecule has 56 heavy (non-hydrogen) atoms. The Morgan fingerprint density at radius 1 is 0.482 bits per heavy atom. The predicted molar refractivity (Wildman–Crippen MR) is 234 cm³/mol. The number of nitrogens with one attached hydrogen (secondary N) is 1. The molecule has 3 heterocycles. The number of aromatic nitrogens is 5. The number of para-hydroxylation sites is 4. The lowest BCUT2D eigenvalue weighted by Gasteiger charge is -2.09. The van der Waals surface area contributed by atoms with Crippen LogP contribution in [0.4, 0.5) is 0 Å². The molecule has 0 aliphatic carbocycles. The molecule has 264 valence electrons. The molecule has 5 nitrogen and oxygen atoms in total. The molecule has 0 aliphatic rings. The Morgan fingerprint density at radius 2 is 1.04 bits per heavy atom. The van der Waals surface area contributed by atoms with Crippen LogP contribution in [0, 0.1) is 0 Å². The zero-order valence-electron chi connectivity index (χ0n) is 30.5. The van der Waals surface area contributed by atoms with Crippen LogP contribution in [-0.2, 0) is 0 Å². The molecule has 5 heteroatoms. The average molecular weight is 718 g/mol. The van der Waals surface area contributed by atoms with E-state index in [1.165, 1.54) is 43.7 Å². The van der Waals surface area contributed by atoms with Gasteiger partial charge in [0.1, 0.15) is 0 Å². The molecular formula is C51H35N5. The Labute approximate surface area is 324 Å². The monoisotopic (exact) mass is 717 g/mol. The molecule has 1 N–H and O–H groups in total. The van der Waals surface area contributed by atoms with E-state index >= 15 is 0 Å². The topological polar surface area (TPSA) is 59.4 Å². The van der Waals surface area contributed by atoms with Crippen LogP contribution in [0.3, 0.4) is 0 Å². The molecule has 10 aromatic rings. The second kappa shape index (κ2) is 13.7. The summed E-state index contributed by atoms with van der Waals surface area (Å²) in [5, 5.41) is 4.85. The Kier molecular flexibility index (Phi) is 8.04. The molecule has 0 atom stereocenters. The first-order valence-corrected chi connectivity index (χ1v) is 18.7. The first-order chi connectivity index (χ1) is 27.7. The van der Waals surface area contributed by atoms with E-state index in [9.17, 15) is 0 Å². The van der Waals surface area contributed by atoms with Crippen molar-refractivity contribution in [3.05, 3.63) is 201 Å². The number of benzene rings is 7. The molecule has 0 saturated heterocycles. The van der Waals surface area contributed by atoms with Gasteiger partial charge in [0.25, 0.3) is 0 Å². The molecule has 0 radical (unpaired) electrons. The Balaban J connectivity index is 1.07. The van der Waals surface area contributed by atoms with Crippen molar-refractivity contribution in [2.45, 2.75) is 0 Å². The van der Waals surface area contributed by atoms with Gasteiger partial charge in [0.15, 0.2) is 17.5 Å². The lowest BCUT2D eigenvalue weighted by atomic mass is 9.99. The van der Waals surface area contributed by atoms with E-state index < -0.39 is 0 Å². The summed E-state index contributed by atoms with van der Waals surface area (Å²) in [5.41, 5.74) is 12.9. The first-order valence-electron chi connectivity index (χ1n) is 18.7. The lowest BCUT2D eigenvalue weighted by Crippen LogP contribution is -2.02. The molecule has 10 rings (SSSR count). The smallest absolute Gasteiger partial charge is 0.164 e. The van der Waals surface area contributed by atoms with E-state index in [4.69, 9.17) is 15.0 Å². The first kappa shape index (κ1) is 33.0. The summed E-state index contributed by atoms with van der Waals surface area (Å²) in [5.74, 6) is 1.74. The lowest BCUT2D eigenvalue weighted by molar-refractivity contribution is 1.04. The van der Waals surface area contributed by atoms with Crippen molar-refractivity contribution in [3.63, 3.8) is 0 Å².